The van der Waals surface area contributed by atoms with Crippen LogP contribution in [0.2, 0.25) is 0 Å². The maximum Gasteiger partial charge on any atom is 0.403 e. The molecule has 0 rings (SSSR count). The minimum Gasteiger partial charge on any atom is -0.373 e. The first kappa shape index (κ1) is 12.7. The number of unbranched alkanes of at least 4 members (excludes halogenated alkanes) is 3. The van der Waals surface area contributed by atoms with E-state index in [2.05, 4.69) is 4.52 Å². The highest BCUT2D eigenvalue weighted by molar-refractivity contribution is 7.40. The molecule has 0 aromatic rings. The lowest BCUT2D eigenvalue weighted by molar-refractivity contribution is 0.245. The lowest BCUT2D eigenvalue weighted by Crippen LogP contribution is -1.98. The second kappa shape index (κ2) is 9.76. The van der Waals surface area contributed by atoms with Gasteiger partial charge in [0.1, 0.15) is 6.11 Å². The van der Waals surface area contributed by atoms with Gasteiger partial charge in [-0.25, -0.2) is 0 Å². The van der Waals surface area contributed by atoms with Crippen LogP contribution in [-0.2, 0) is 9.05 Å². The van der Waals surface area contributed by atoms with Crippen molar-refractivity contribution < 1.29 is 13.9 Å². The Hall–Kier alpha value is -0.330. The molecule has 4 nitrogen and oxygen atoms in total. The third-order valence-electron chi connectivity index (χ3n) is 1.43. The molecule has 0 radical (unpaired) electrons. The van der Waals surface area contributed by atoms with Crippen LogP contribution in [0.3, 0.4) is 0 Å². The summed E-state index contributed by atoms with van der Waals surface area (Å²) in [5.74, 6) is 0. The Morgan fingerprint density at radius 3 is 2.62 bits per heavy atom. The highest BCUT2D eigenvalue weighted by atomic mass is 31.2. The minimum absolute atomic E-state index is 0.481. The predicted octanol–water partition coefficient (Wildman–Crippen LogP) is 1.35. The normalized spacial score (nSPS) is 12.1. The van der Waals surface area contributed by atoms with Crippen molar-refractivity contribution in [3.63, 3.8) is 0 Å². The van der Waals surface area contributed by atoms with E-state index >= 15 is 0 Å². The molecule has 3 N–H and O–H groups in total. The first-order valence-corrected chi connectivity index (χ1v) is 5.39. The second-order valence-corrected chi connectivity index (χ2v) is 3.40. The molecule has 1 atom stereocenters. The van der Waals surface area contributed by atoms with Crippen molar-refractivity contribution in [1.29, 1.82) is 0 Å². The highest BCUT2D eigenvalue weighted by Gasteiger charge is 2.04. The molecular weight excluding hydrogens is 189 g/mol. The first-order valence-electron chi connectivity index (χ1n) is 4.25. The Bertz CT molecular complexity index is 149. The molecule has 0 saturated carbocycles. The number of hydrogen-bond donors (Lipinski definition) is 2. The van der Waals surface area contributed by atoms with Crippen molar-refractivity contribution in [1.82, 2.24) is 0 Å². The summed E-state index contributed by atoms with van der Waals surface area (Å²) >= 11 is 0. The zero-order valence-corrected chi connectivity index (χ0v) is 8.50. The molecule has 5 heteroatoms. The Labute approximate surface area is 80.4 Å². The van der Waals surface area contributed by atoms with Crippen LogP contribution < -0.4 is 5.73 Å². The van der Waals surface area contributed by atoms with Crippen LogP contribution in [0.4, 0.5) is 0 Å². The van der Waals surface area contributed by atoms with Crippen molar-refractivity contribution in [2.45, 2.75) is 25.7 Å². The van der Waals surface area contributed by atoms with E-state index in [4.69, 9.17) is 21.6 Å². The molecule has 0 aromatic heterocycles. The van der Waals surface area contributed by atoms with Gasteiger partial charge in [0, 0.05) is 0 Å². The van der Waals surface area contributed by atoms with Gasteiger partial charge < -0.3 is 19.7 Å². The van der Waals surface area contributed by atoms with Gasteiger partial charge in [0.15, 0.2) is 0 Å². The molecule has 0 fully saturated rings. The van der Waals surface area contributed by atoms with E-state index in [-0.39, 0.29) is 0 Å². The van der Waals surface area contributed by atoms with Crippen LogP contribution in [-0.4, -0.2) is 18.0 Å². The van der Waals surface area contributed by atoms with Gasteiger partial charge in [-0.3, -0.25) is 0 Å². The monoisotopic (exact) mass is 205 g/mol. The van der Waals surface area contributed by atoms with Crippen LogP contribution in [0.1, 0.15) is 25.7 Å². The van der Waals surface area contributed by atoms with Gasteiger partial charge in [-0.1, -0.05) is 19.3 Å². The van der Waals surface area contributed by atoms with Crippen molar-refractivity contribution in [3.8, 4) is 12.5 Å². The molecule has 0 spiro atoms. The van der Waals surface area contributed by atoms with E-state index in [1.165, 1.54) is 0 Å². The molecule has 0 aliphatic heterocycles. The maximum absolute atomic E-state index is 8.91. The van der Waals surface area contributed by atoms with E-state index in [9.17, 15) is 0 Å². The van der Waals surface area contributed by atoms with Crippen LogP contribution >= 0.6 is 8.60 Å². The Morgan fingerprint density at radius 2 is 2.00 bits per heavy atom. The van der Waals surface area contributed by atoms with Crippen LogP contribution in [0, 0.1) is 12.5 Å². The highest BCUT2D eigenvalue weighted by Crippen LogP contribution is 2.31. The minimum atomic E-state index is -1.87. The molecule has 0 aromatic carbocycles. The lowest BCUT2D eigenvalue weighted by atomic mass is 10.2. The third kappa shape index (κ3) is 9.59. The summed E-state index contributed by atoms with van der Waals surface area (Å²) in [6.07, 6.45) is 10.7. The summed E-state index contributed by atoms with van der Waals surface area (Å²) in [7, 11) is -1.87. The van der Waals surface area contributed by atoms with Gasteiger partial charge in [0.05, 0.1) is 6.61 Å². The average Bonchev–Trinajstić information content (AvgIpc) is 2.11. The summed E-state index contributed by atoms with van der Waals surface area (Å²) < 4.78 is 9.26. The maximum atomic E-state index is 8.91. The van der Waals surface area contributed by atoms with Crippen LogP contribution in [0.15, 0.2) is 0 Å². The molecule has 0 bridgehead atoms. The molecule has 0 aliphatic rings. The smallest absolute Gasteiger partial charge is 0.373 e. The van der Waals surface area contributed by atoms with Crippen LogP contribution in [0.5, 0.6) is 0 Å². The summed E-state index contributed by atoms with van der Waals surface area (Å²) in [5, 5.41) is 0. The fraction of sp³-hybridized carbons (Fsp3) is 0.750. The Balaban J connectivity index is 3.03. The summed E-state index contributed by atoms with van der Waals surface area (Å²) in [4.78, 5) is 8.91. The summed E-state index contributed by atoms with van der Waals surface area (Å²) in [5.41, 5.74) is 5.32. The molecule has 0 saturated heterocycles. The molecular formula is C8H16NO3P. The van der Waals surface area contributed by atoms with E-state index in [0.29, 0.717) is 6.61 Å². The fourth-order valence-corrected chi connectivity index (χ4v) is 1.24. The van der Waals surface area contributed by atoms with E-state index in [0.717, 1.165) is 32.2 Å². The van der Waals surface area contributed by atoms with Crippen LogP contribution in [0.25, 0.3) is 0 Å². The summed E-state index contributed by atoms with van der Waals surface area (Å²) in [6.45, 7) is 1.21. The Kier molecular flexibility index (Phi) is 9.51. The number of hydrogen-bond acceptors (Lipinski definition) is 4. The molecule has 76 valence electrons. The van der Waals surface area contributed by atoms with E-state index in [1.807, 2.05) is 6.11 Å². The predicted molar refractivity (Wildman–Crippen MR) is 52.5 cm³/mol. The van der Waals surface area contributed by atoms with Gasteiger partial charge in [-0.05, 0) is 19.4 Å². The quantitative estimate of drug-likeness (QED) is 0.356. The average molecular weight is 205 g/mol. The van der Waals surface area contributed by atoms with Gasteiger partial charge in [0.2, 0.25) is 0 Å². The van der Waals surface area contributed by atoms with Crippen molar-refractivity contribution >= 4 is 8.60 Å². The fourth-order valence-electron chi connectivity index (χ4n) is 0.814. The molecule has 13 heavy (non-hydrogen) atoms. The van der Waals surface area contributed by atoms with Gasteiger partial charge >= 0.3 is 8.60 Å². The van der Waals surface area contributed by atoms with E-state index in [1.54, 1.807) is 0 Å². The molecule has 1 unspecified atom stereocenters. The number of terminal acetylenes is 1. The first-order chi connectivity index (χ1) is 6.31. The standard InChI is InChI=1S/C8H16NO3P/c1-2-11-13(10)12-8-6-4-3-5-7-9/h1,10H,3-9H2. The SMILES string of the molecule is C#COP(O)OCCCCCCN. The van der Waals surface area contributed by atoms with E-state index < -0.39 is 8.60 Å². The number of nitrogens with two attached hydrogens (primary N) is 1. The van der Waals surface area contributed by atoms with Gasteiger partial charge in [-0.15, -0.1) is 0 Å². The lowest BCUT2D eigenvalue weighted by Gasteiger charge is -2.05. The second-order valence-electron chi connectivity index (χ2n) is 2.48. The van der Waals surface area contributed by atoms with Gasteiger partial charge in [0.25, 0.3) is 0 Å². The molecule has 0 aliphatic carbocycles. The molecule has 0 amide bonds. The van der Waals surface area contributed by atoms with Gasteiger partial charge in [-0.2, -0.15) is 0 Å². The Morgan fingerprint density at radius 1 is 1.31 bits per heavy atom. The van der Waals surface area contributed by atoms with Crippen molar-refractivity contribution in [2.24, 2.45) is 5.73 Å². The summed E-state index contributed by atoms with van der Waals surface area (Å²) in [6, 6.07) is 0. The number of rotatable bonds is 8. The zero-order valence-electron chi connectivity index (χ0n) is 7.61. The van der Waals surface area contributed by atoms with Crippen molar-refractivity contribution in [3.05, 3.63) is 0 Å². The topological polar surface area (TPSA) is 64.7 Å². The third-order valence-corrected chi connectivity index (χ3v) is 2.10. The van der Waals surface area contributed by atoms with Crippen molar-refractivity contribution in [2.75, 3.05) is 13.2 Å². The molecule has 0 heterocycles. The largest absolute Gasteiger partial charge is 0.403 e. The zero-order chi connectivity index (χ0) is 9.94.